The van der Waals surface area contributed by atoms with Crippen molar-refractivity contribution < 1.29 is 0 Å². The van der Waals surface area contributed by atoms with Gasteiger partial charge in [0.1, 0.15) is 0 Å². The molecule has 0 atom stereocenters. The minimum Gasteiger partial charge on any atom is -0.328 e. The molecule has 9 heavy (non-hydrogen) atoms. The molecular weight excluding hydrogens is 248 g/mol. The number of hydrogen-bond acceptors (Lipinski definition) is 1. The van der Waals surface area contributed by atoms with Gasteiger partial charge in [-0.15, -0.1) is 12.4 Å². The quantitative estimate of drug-likeness (QED) is 0.525. The van der Waals surface area contributed by atoms with Crippen LogP contribution in [0.4, 0.5) is 0 Å². The van der Waals surface area contributed by atoms with Crippen LogP contribution in [0.3, 0.4) is 0 Å². The van der Waals surface area contributed by atoms with Gasteiger partial charge in [-0.1, -0.05) is 22.6 Å². The maximum Gasteiger partial charge on any atom is 0.0111 e. The number of halogens is 2. The van der Waals surface area contributed by atoms with Crippen LogP contribution in [-0.4, -0.2) is 9.97 Å². The Hall–Kier alpha value is 0.980. The van der Waals surface area contributed by atoms with Crippen molar-refractivity contribution >= 4 is 35.0 Å². The zero-order chi connectivity index (χ0) is 5.98. The second kappa shape index (κ2) is 4.74. The van der Waals surface area contributed by atoms with Crippen molar-refractivity contribution in [3.63, 3.8) is 0 Å². The molecule has 0 spiro atoms. The van der Waals surface area contributed by atoms with Crippen LogP contribution in [0.15, 0.2) is 0 Å². The predicted molar refractivity (Wildman–Crippen MR) is 51.5 cm³/mol. The van der Waals surface area contributed by atoms with E-state index in [4.69, 9.17) is 5.73 Å². The Morgan fingerprint density at radius 1 is 1.11 bits per heavy atom. The summed E-state index contributed by atoms with van der Waals surface area (Å²) in [5, 5.41) is 0. The topological polar surface area (TPSA) is 26.0 Å². The minimum atomic E-state index is 0. The molecule has 0 bridgehead atoms. The van der Waals surface area contributed by atoms with Crippen molar-refractivity contribution in [3.05, 3.63) is 0 Å². The Kier molecular flexibility index (Phi) is 5.26. The molecule has 1 nitrogen and oxygen atoms in total. The second-order valence-corrected chi connectivity index (χ2v) is 4.27. The van der Waals surface area contributed by atoms with Gasteiger partial charge in [0.15, 0.2) is 0 Å². The molecule has 2 N–H and O–H groups in total. The number of rotatable bonds is 0. The zero-order valence-corrected chi connectivity index (χ0v) is 8.32. The number of alkyl halides is 1. The molecule has 0 saturated heterocycles. The first-order valence-corrected chi connectivity index (χ1v) is 4.43. The first kappa shape index (κ1) is 9.98. The lowest BCUT2D eigenvalue weighted by Gasteiger charge is -2.21. The van der Waals surface area contributed by atoms with E-state index in [0.29, 0.717) is 6.04 Å². The summed E-state index contributed by atoms with van der Waals surface area (Å²) in [6.07, 6.45) is 5.16. The molecule has 3 heteroatoms. The summed E-state index contributed by atoms with van der Waals surface area (Å²) in [6, 6.07) is 0.515. The largest absolute Gasteiger partial charge is 0.328 e. The molecule has 1 rings (SSSR count). The third kappa shape index (κ3) is 3.63. The fourth-order valence-corrected chi connectivity index (χ4v) is 1.80. The van der Waals surface area contributed by atoms with Gasteiger partial charge in [-0.3, -0.25) is 0 Å². The van der Waals surface area contributed by atoms with Gasteiger partial charge in [-0.2, -0.15) is 0 Å². The minimum absolute atomic E-state index is 0. The summed E-state index contributed by atoms with van der Waals surface area (Å²) in [7, 11) is 0. The van der Waals surface area contributed by atoms with Gasteiger partial charge in [-0.25, -0.2) is 0 Å². The summed E-state index contributed by atoms with van der Waals surface area (Å²) >= 11 is 2.51. The maximum absolute atomic E-state index is 5.69. The summed E-state index contributed by atoms with van der Waals surface area (Å²) in [5.41, 5.74) is 5.69. The van der Waals surface area contributed by atoms with Crippen molar-refractivity contribution in [2.75, 3.05) is 0 Å². The van der Waals surface area contributed by atoms with Crippen molar-refractivity contribution in [2.45, 2.75) is 35.6 Å². The van der Waals surface area contributed by atoms with Crippen LogP contribution >= 0.6 is 35.0 Å². The third-order valence-electron chi connectivity index (χ3n) is 1.70. The van der Waals surface area contributed by atoms with Crippen LogP contribution in [0.5, 0.6) is 0 Å². The van der Waals surface area contributed by atoms with E-state index in [1.54, 1.807) is 0 Å². The van der Waals surface area contributed by atoms with Crippen molar-refractivity contribution in [3.8, 4) is 0 Å². The molecule has 0 unspecified atom stereocenters. The van der Waals surface area contributed by atoms with E-state index in [0.717, 1.165) is 3.92 Å². The average molecular weight is 262 g/mol. The SMILES string of the molecule is Cl.NC1CCC(I)CC1. The molecule has 1 fully saturated rings. The molecule has 1 saturated carbocycles. The third-order valence-corrected chi connectivity index (χ3v) is 2.95. The van der Waals surface area contributed by atoms with E-state index in [1.165, 1.54) is 25.7 Å². The standard InChI is InChI=1S/C6H12IN.ClH/c7-5-1-3-6(8)4-2-5;/h5-6H,1-4,8H2;1H. The van der Waals surface area contributed by atoms with Gasteiger partial charge in [0.2, 0.25) is 0 Å². The van der Waals surface area contributed by atoms with Crippen LogP contribution in [0, 0.1) is 0 Å². The normalized spacial score (nSPS) is 35.3. The van der Waals surface area contributed by atoms with E-state index in [1.807, 2.05) is 0 Å². The smallest absolute Gasteiger partial charge is 0.0111 e. The Morgan fingerprint density at radius 2 is 1.56 bits per heavy atom. The molecular formula is C6H13ClIN. The lowest BCUT2D eigenvalue weighted by Crippen LogP contribution is -2.26. The van der Waals surface area contributed by atoms with Gasteiger partial charge >= 0.3 is 0 Å². The van der Waals surface area contributed by atoms with Crippen LogP contribution in [-0.2, 0) is 0 Å². The van der Waals surface area contributed by atoms with Crippen LogP contribution in [0.2, 0.25) is 0 Å². The van der Waals surface area contributed by atoms with E-state index in [2.05, 4.69) is 22.6 Å². The van der Waals surface area contributed by atoms with Gasteiger partial charge in [0.25, 0.3) is 0 Å². The molecule has 0 aliphatic heterocycles. The molecule has 1 aliphatic rings. The fourth-order valence-electron chi connectivity index (χ4n) is 1.08. The highest BCUT2D eigenvalue weighted by atomic mass is 127. The van der Waals surface area contributed by atoms with E-state index >= 15 is 0 Å². The second-order valence-electron chi connectivity index (χ2n) is 2.51. The van der Waals surface area contributed by atoms with Gasteiger partial charge in [-0.05, 0) is 25.7 Å². The summed E-state index contributed by atoms with van der Waals surface area (Å²) in [5.74, 6) is 0. The van der Waals surface area contributed by atoms with Gasteiger partial charge in [0, 0.05) is 9.97 Å². The molecule has 0 amide bonds. The summed E-state index contributed by atoms with van der Waals surface area (Å²) < 4.78 is 0.910. The maximum atomic E-state index is 5.69. The van der Waals surface area contributed by atoms with Crippen molar-refractivity contribution in [2.24, 2.45) is 5.73 Å². The highest BCUT2D eigenvalue weighted by molar-refractivity contribution is 14.1. The van der Waals surface area contributed by atoms with Crippen molar-refractivity contribution in [1.29, 1.82) is 0 Å². The number of nitrogens with two attached hydrogens (primary N) is 1. The zero-order valence-electron chi connectivity index (χ0n) is 5.35. The Bertz CT molecular complexity index is 61.5. The Labute approximate surface area is 76.3 Å². The van der Waals surface area contributed by atoms with Crippen LogP contribution in [0.25, 0.3) is 0 Å². The molecule has 0 aromatic heterocycles. The molecule has 0 aromatic carbocycles. The summed E-state index contributed by atoms with van der Waals surface area (Å²) in [6.45, 7) is 0. The lowest BCUT2D eigenvalue weighted by atomic mass is 9.96. The summed E-state index contributed by atoms with van der Waals surface area (Å²) in [4.78, 5) is 0. The molecule has 0 radical (unpaired) electrons. The predicted octanol–water partition coefficient (Wildman–Crippen LogP) is 2.11. The lowest BCUT2D eigenvalue weighted by molar-refractivity contribution is 0.459. The first-order valence-electron chi connectivity index (χ1n) is 3.18. The highest BCUT2D eigenvalue weighted by Crippen LogP contribution is 2.22. The molecule has 0 heterocycles. The van der Waals surface area contributed by atoms with Gasteiger partial charge in [0.05, 0.1) is 0 Å². The average Bonchev–Trinajstić information content (AvgIpc) is 1.77. The van der Waals surface area contributed by atoms with E-state index in [-0.39, 0.29) is 12.4 Å². The fraction of sp³-hybridized carbons (Fsp3) is 1.00. The number of hydrogen-bond donors (Lipinski definition) is 1. The molecule has 1 aliphatic carbocycles. The Balaban J connectivity index is 0.000000640. The van der Waals surface area contributed by atoms with Crippen LogP contribution in [0.1, 0.15) is 25.7 Å². The Morgan fingerprint density at radius 3 is 1.89 bits per heavy atom. The molecule has 0 aromatic rings. The monoisotopic (exact) mass is 261 g/mol. The van der Waals surface area contributed by atoms with E-state index in [9.17, 15) is 0 Å². The highest BCUT2D eigenvalue weighted by Gasteiger charge is 2.14. The van der Waals surface area contributed by atoms with Gasteiger partial charge < -0.3 is 5.73 Å². The molecule has 56 valence electrons. The first-order chi connectivity index (χ1) is 3.79. The van der Waals surface area contributed by atoms with E-state index < -0.39 is 0 Å². The van der Waals surface area contributed by atoms with Crippen molar-refractivity contribution in [1.82, 2.24) is 0 Å². The van der Waals surface area contributed by atoms with Crippen LogP contribution < -0.4 is 5.73 Å².